The molecule has 2 rings (SSSR count). The summed E-state index contributed by atoms with van der Waals surface area (Å²) in [4.78, 5) is 0. The summed E-state index contributed by atoms with van der Waals surface area (Å²) in [6, 6.07) is 3.59. The quantitative estimate of drug-likeness (QED) is 0.804. The number of nitrogens with one attached hydrogen (secondary N) is 2. The summed E-state index contributed by atoms with van der Waals surface area (Å²) >= 11 is 0. The fourth-order valence-corrected chi connectivity index (χ4v) is 2.64. The van der Waals surface area contributed by atoms with Crippen LogP contribution in [0.3, 0.4) is 0 Å². The molecule has 0 atom stereocenters. The summed E-state index contributed by atoms with van der Waals surface area (Å²) in [6.45, 7) is 1.56. The lowest BCUT2D eigenvalue weighted by atomic mass is 9.94. The van der Waals surface area contributed by atoms with Crippen LogP contribution in [-0.2, 0) is 12.9 Å². The lowest BCUT2D eigenvalue weighted by Crippen LogP contribution is -2.28. The zero-order chi connectivity index (χ0) is 15.3. The molecule has 118 valence electrons. The van der Waals surface area contributed by atoms with Gasteiger partial charge in [-0.2, -0.15) is 13.2 Å². The number of anilines is 1. The predicted molar refractivity (Wildman–Crippen MR) is 75.0 cm³/mol. The fraction of sp³-hybridized carbons (Fsp3) is 0.600. The third-order valence-electron chi connectivity index (χ3n) is 3.87. The molecule has 6 heteroatoms. The van der Waals surface area contributed by atoms with Crippen LogP contribution in [0, 0.1) is 5.92 Å². The van der Waals surface area contributed by atoms with Gasteiger partial charge in [-0.25, -0.2) is 4.39 Å². The van der Waals surface area contributed by atoms with Gasteiger partial charge in [0.1, 0.15) is 6.67 Å². The highest BCUT2D eigenvalue weighted by Gasteiger charge is 2.33. The van der Waals surface area contributed by atoms with Gasteiger partial charge in [-0.1, -0.05) is 6.07 Å². The van der Waals surface area contributed by atoms with Gasteiger partial charge in [0.15, 0.2) is 0 Å². The summed E-state index contributed by atoms with van der Waals surface area (Å²) in [5, 5.41) is 6.12. The zero-order valence-corrected chi connectivity index (χ0v) is 11.8. The van der Waals surface area contributed by atoms with Crippen LogP contribution in [0.1, 0.15) is 30.4 Å². The third kappa shape index (κ3) is 4.59. The molecular formula is C15H20F4N2. The van der Waals surface area contributed by atoms with Crippen LogP contribution in [0.2, 0.25) is 0 Å². The molecule has 0 radical (unpaired) electrons. The van der Waals surface area contributed by atoms with Crippen molar-refractivity contribution < 1.29 is 17.6 Å². The minimum absolute atomic E-state index is 0.0358. The van der Waals surface area contributed by atoms with Gasteiger partial charge >= 0.3 is 6.18 Å². The number of rotatable bonds is 5. The molecule has 0 spiro atoms. The van der Waals surface area contributed by atoms with Crippen LogP contribution in [-0.4, -0.2) is 19.6 Å². The Hall–Kier alpha value is -1.30. The van der Waals surface area contributed by atoms with Crippen molar-refractivity contribution in [3.63, 3.8) is 0 Å². The monoisotopic (exact) mass is 304 g/mol. The molecule has 0 bridgehead atoms. The van der Waals surface area contributed by atoms with E-state index in [1.807, 2.05) is 0 Å². The molecule has 1 aromatic carbocycles. The van der Waals surface area contributed by atoms with Crippen molar-refractivity contribution in [3.8, 4) is 0 Å². The van der Waals surface area contributed by atoms with Crippen LogP contribution in [0.5, 0.6) is 0 Å². The highest BCUT2D eigenvalue weighted by molar-refractivity contribution is 5.54. The maximum Gasteiger partial charge on any atom is 0.418 e. The maximum absolute atomic E-state index is 13.0. The molecule has 2 N–H and O–H groups in total. The number of alkyl halides is 4. The van der Waals surface area contributed by atoms with E-state index in [9.17, 15) is 17.6 Å². The van der Waals surface area contributed by atoms with E-state index in [-0.39, 0.29) is 11.3 Å². The molecular weight excluding hydrogens is 284 g/mol. The van der Waals surface area contributed by atoms with Gasteiger partial charge in [-0.3, -0.25) is 0 Å². The van der Waals surface area contributed by atoms with Gasteiger partial charge in [0.05, 0.1) is 5.56 Å². The molecule has 1 aromatic rings. The number of halogens is 4. The fourth-order valence-electron chi connectivity index (χ4n) is 2.64. The second kappa shape index (κ2) is 7.11. The SMILES string of the molecule is FCc1ccc(NCCC2CCNCC2)c(C(F)(F)F)c1. The van der Waals surface area contributed by atoms with Crippen molar-refractivity contribution >= 4 is 5.69 Å². The Morgan fingerprint density at radius 2 is 1.90 bits per heavy atom. The molecule has 2 nitrogen and oxygen atoms in total. The normalized spacial score (nSPS) is 17.0. The molecule has 1 heterocycles. The van der Waals surface area contributed by atoms with Gasteiger partial charge in [0.25, 0.3) is 0 Å². The minimum Gasteiger partial charge on any atom is -0.385 e. The molecule has 0 aromatic heterocycles. The third-order valence-corrected chi connectivity index (χ3v) is 3.87. The average molecular weight is 304 g/mol. The number of piperidine rings is 1. The van der Waals surface area contributed by atoms with Crippen molar-refractivity contribution in [2.75, 3.05) is 25.0 Å². The van der Waals surface area contributed by atoms with E-state index in [1.54, 1.807) is 0 Å². The van der Waals surface area contributed by atoms with Gasteiger partial charge in [-0.15, -0.1) is 0 Å². The zero-order valence-electron chi connectivity index (χ0n) is 11.8. The second-order valence-corrected chi connectivity index (χ2v) is 5.42. The molecule has 1 aliphatic rings. The number of hydrogen-bond donors (Lipinski definition) is 2. The van der Waals surface area contributed by atoms with E-state index >= 15 is 0 Å². The minimum atomic E-state index is -4.47. The maximum atomic E-state index is 13.0. The molecule has 1 aliphatic heterocycles. The van der Waals surface area contributed by atoms with Crippen LogP contribution in [0.25, 0.3) is 0 Å². The van der Waals surface area contributed by atoms with Crippen LogP contribution < -0.4 is 10.6 Å². The standard InChI is InChI=1S/C15H20F4N2/c16-10-12-1-2-14(13(9-12)15(17,18)19)21-8-5-11-3-6-20-7-4-11/h1-2,9,11,20-21H,3-8,10H2. The van der Waals surface area contributed by atoms with Crippen LogP contribution >= 0.6 is 0 Å². The Balaban J connectivity index is 1.98. The van der Waals surface area contributed by atoms with E-state index in [1.165, 1.54) is 12.1 Å². The molecule has 0 saturated carbocycles. The highest BCUT2D eigenvalue weighted by Crippen LogP contribution is 2.35. The van der Waals surface area contributed by atoms with Crippen molar-refractivity contribution in [1.29, 1.82) is 0 Å². The molecule has 0 amide bonds. The van der Waals surface area contributed by atoms with Crippen LogP contribution in [0.4, 0.5) is 23.2 Å². The first-order valence-corrected chi connectivity index (χ1v) is 7.21. The van der Waals surface area contributed by atoms with Gasteiger partial charge in [-0.05, 0) is 56.0 Å². The summed E-state index contributed by atoms with van der Waals surface area (Å²) in [6.07, 6.45) is -1.49. The van der Waals surface area contributed by atoms with Gasteiger partial charge in [0.2, 0.25) is 0 Å². The largest absolute Gasteiger partial charge is 0.418 e. The predicted octanol–water partition coefficient (Wildman–Crippen LogP) is 3.98. The van der Waals surface area contributed by atoms with E-state index in [2.05, 4.69) is 10.6 Å². The van der Waals surface area contributed by atoms with E-state index in [0.29, 0.717) is 12.5 Å². The van der Waals surface area contributed by atoms with Crippen molar-refractivity contribution in [2.45, 2.75) is 32.1 Å². The van der Waals surface area contributed by atoms with Gasteiger partial charge < -0.3 is 10.6 Å². The van der Waals surface area contributed by atoms with Gasteiger partial charge in [0, 0.05) is 12.2 Å². The lowest BCUT2D eigenvalue weighted by Gasteiger charge is -2.23. The number of hydrogen-bond acceptors (Lipinski definition) is 2. The van der Waals surface area contributed by atoms with E-state index in [0.717, 1.165) is 38.4 Å². The Morgan fingerprint density at radius 3 is 2.52 bits per heavy atom. The van der Waals surface area contributed by atoms with Crippen molar-refractivity contribution in [2.24, 2.45) is 5.92 Å². The summed E-state index contributed by atoms with van der Waals surface area (Å²) in [7, 11) is 0. The molecule has 0 aliphatic carbocycles. The van der Waals surface area contributed by atoms with E-state index in [4.69, 9.17) is 0 Å². The van der Waals surface area contributed by atoms with Crippen molar-refractivity contribution in [1.82, 2.24) is 5.32 Å². The second-order valence-electron chi connectivity index (χ2n) is 5.42. The Bertz CT molecular complexity index is 453. The average Bonchev–Trinajstić information content (AvgIpc) is 2.47. The topological polar surface area (TPSA) is 24.1 Å². The smallest absolute Gasteiger partial charge is 0.385 e. The Labute approximate surface area is 121 Å². The summed E-state index contributed by atoms with van der Waals surface area (Å²) < 4.78 is 51.5. The molecule has 1 fully saturated rings. The van der Waals surface area contributed by atoms with E-state index < -0.39 is 18.4 Å². The highest BCUT2D eigenvalue weighted by atomic mass is 19.4. The first-order chi connectivity index (χ1) is 10.0. The number of benzene rings is 1. The first kappa shape index (κ1) is 16.1. The summed E-state index contributed by atoms with van der Waals surface area (Å²) in [5.41, 5.74) is -0.706. The first-order valence-electron chi connectivity index (χ1n) is 7.21. The Morgan fingerprint density at radius 1 is 1.19 bits per heavy atom. The Kier molecular flexibility index (Phi) is 5.45. The summed E-state index contributed by atoms with van der Waals surface area (Å²) in [5.74, 6) is 0.554. The van der Waals surface area contributed by atoms with Crippen molar-refractivity contribution in [3.05, 3.63) is 29.3 Å². The molecule has 21 heavy (non-hydrogen) atoms. The van der Waals surface area contributed by atoms with Crippen LogP contribution in [0.15, 0.2) is 18.2 Å². The molecule has 1 saturated heterocycles. The lowest BCUT2D eigenvalue weighted by molar-refractivity contribution is -0.137. The molecule has 0 unspecified atom stereocenters.